The average Bonchev–Trinajstić information content (AvgIpc) is 2.53. The van der Waals surface area contributed by atoms with Gasteiger partial charge in [0.05, 0.1) is 0 Å². The smallest absolute Gasteiger partial charge is 0.267 e. The van der Waals surface area contributed by atoms with E-state index in [1.807, 2.05) is 4.68 Å². The summed E-state index contributed by atoms with van der Waals surface area (Å²) in [5, 5.41) is 2.88. The highest BCUT2D eigenvalue weighted by atomic mass is 16.1. The summed E-state index contributed by atoms with van der Waals surface area (Å²) in [6.07, 6.45) is 3.16. The van der Waals surface area contributed by atoms with Crippen LogP contribution in [0.1, 0.15) is 37.6 Å². The Labute approximate surface area is 71.4 Å². The van der Waals surface area contributed by atoms with E-state index in [1.54, 1.807) is 0 Å². The molecule has 0 aromatic carbocycles. The highest BCUT2D eigenvalue weighted by Crippen LogP contribution is 2.20. The second-order valence-corrected chi connectivity index (χ2v) is 3.68. The first-order valence-corrected chi connectivity index (χ1v) is 4.52. The van der Waals surface area contributed by atoms with E-state index in [1.165, 1.54) is 5.69 Å². The van der Waals surface area contributed by atoms with Crippen LogP contribution in [0.3, 0.4) is 0 Å². The monoisotopic (exact) mass is 166 g/mol. The van der Waals surface area contributed by atoms with Gasteiger partial charge in [-0.2, -0.15) is 0 Å². The van der Waals surface area contributed by atoms with Gasteiger partial charge in [-0.25, -0.2) is 0 Å². The molecule has 0 spiro atoms. The number of nitrogens with zero attached hydrogens (tertiary/aromatic N) is 1. The van der Waals surface area contributed by atoms with E-state index < -0.39 is 0 Å². The molecule has 1 aromatic heterocycles. The van der Waals surface area contributed by atoms with E-state index in [0.29, 0.717) is 6.04 Å². The number of nitrogens with one attached hydrogen (secondary N) is 1. The van der Waals surface area contributed by atoms with Crippen LogP contribution in [-0.2, 0) is 12.8 Å². The topological polar surface area (TPSA) is 37.8 Å². The lowest BCUT2D eigenvalue weighted by atomic mass is 10.3. The Hall–Kier alpha value is -0.990. The number of rotatable bonds is 1. The molecule has 0 bridgehead atoms. The molecule has 2 rings (SSSR count). The molecule has 1 aromatic rings. The lowest BCUT2D eigenvalue weighted by Crippen LogP contribution is -2.11. The molecule has 1 aliphatic carbocycles. The Morgan fingerprint density at radius 1 is 1.42 bits per heavy atom. The number of aromatic nitrogens is 2. The van der Waals surface area contributed by atoms with Crippen LogP contribution in [0, 0.1) is 0 Å². The summed E-state index contributed by atoms with van der Waals surface area (Å²) in [4.78, 5) is 11.4. The molecular formula is C9H14N2O. The van der Waals surface area contributed by atoms with Crippen molar-refractivity contribution < 1.29 is 0 Å². The van der Waals surface area contributed by atoms with Crippen molar-refractivity contribution in [2.75, 3.05) is 0 Å². The molecule has 0 saturated heterocycles. The predicted octanol–water partition coefficient (Wildman–Crippen LogP) is 1.25. The summed E-state index contributed by atoms with van der Waals surface area (Å²) in [5.74, 6) is 0. The van der Waals surface area contributed by atoms with Crippen LogP contribution in [0.15, 0.2) is 4.79 Å². The first-order valence-electron chi connectivity index (χ1n) is 4.52. The zero-order valence-corrected chi connectivity index (χ0v) is 7.55. The van der Waals surface area contributed by atoms with Gasteiger partial charge in [-0.15, -0.1) is 0 Å². The summed E-state index contributed by atoms with van der Waals surface area (Å²) in [6, 6.07) is 0.375. The minimum Gasteiger partial charge on any atom is -0.286 e. The quantitative estimate of drug-likeness (QED) is 0.669. The van der Waals surface area contributed by atoms with E-state index in [-0.39, 0.29) is 5.56 Å². The second-order valence-electron chi connectivity index (χ2n) is 3.68. The molecule has 0 saturated carbocycles. The molecule has 0 fully saturated rings. The van der Waals surface area contributed by atoms with Gasteiger partial charge in [0.1, 0.15) is 0 Å². The first kappa shape index (κ1) is 7.65. The Morgan fingerprint density at radius 2 is 2.17 bits per heavy atom. The van der Waals surface area contributed by atoms with E-state index in [4.69, 9.17) is 0 Å². The van der Waals surface area contributed by atoms with Crippen molar-refractivity contribution in [2.45, 2.75) is 39.2 Å². The zero-order chi connectivity index (χ0) is 8.72. The third kappa shape index (κ3) is 0.924. The van der Waals surface area contributed by atoms with Gasteiger partial charge in [0.2, 0.25) is 0 Å². The Kier molecular flexibility index (Phi) is 1.60. The highest BCUT2D eigenvalue weighted by Gasteiger charge is 2.20. The molecule has 0 aliphatic heterocycles. The van der Waals surface area contributed by atoms with Crippen LogP contribution in [-0.4, -0.2) is 9.78 Å². The minimum atomic E-state index is 0.121. The van der Waals surface area contributed by atoms with Gasteiger partial charge in [0, 0.05) is 17.3 Å². The number of fused-ring (bicyclic) bond motifs is 1. The van der Waals surface area contributed by atoms with Crippen LogP contribution >= 0.6 is 0 Å². The SMILES string of the molecule is CC(C)n1[nH]c(=O)c2c1CCC2. The van der Waals surface area contributed by atoms with Crippen LogP contribution in [0.25, 0.3) is 0 Å². The summed E-state index contributed by atoms with van der Waals surface area (Å²) in [6.45, 7) is 4.18. The summed E-state index contributed by atoms with van der Waals surface area (Å²) in [5.41, 5.74) is 2.37. The summed E-state index contributed by atoms with van der Waals surface area (Å²) in [7, 11) is 0. The number of hydrogen-bond acceptors (Lipinski definition) is 1. The molecule has 0 atom stereocenters. The molecule has 1 heterocycles. The maximum atomic E-state index is 11.4. The minimum absolute atomic E-state index is 0.121. The molecule has 3 nitrogen and oxygen atoms in total. The standard InChI is InChI=1S/C9H14N2O/c1-6(2)11-8-5-3-4-7(8)9(12)10-11/h6H,3-5H2,1-2H3,(H,10,12). The van der Waals surface area contributed by atoms with Crippen molar-refractivity contribution >= 4 is 0 Å². The van der Waals surface area contributed by atoms with Crippen molar-refractivity contribution in [1.29, 1.82) is 0 Å². The van der Waals surface area contributed by atoms with Gasteiger partial charge in [0.15, 0.2) is 0 Å². The highest BCUT2D eigenvalue weighted by molar-refractivity contribution is 5.23. The molecule has 3 heteroatoms. The molecule has 1 N–H and O–H groups in total. The van der Waals surface area contributed by atoms with E-state index in [0.717, 1.165) is 24.8 Å². The fourth-order valence-electron chi connectivity index (χ4n) is 1.92. The lowest BCUT2D eigenvalue weighted by Gasteiger charge is -2.09. The summed E-state index contributed by atoms with van der Waals surface area (Å²) >= 11 is 0. The Bertz CT molecular complexity index is 346. The fraction of sp³-hybridized carbons (Fsp3) is 0.667. The maximum absolute atomic E-state index is 11.4. The average molecular weight is 166 g/mol. The molecule has 66 valence electrons. The van der Waals surface area contributed by atoms with E-state index in [9.17, 15) is 4.79 Å². The Balaban J connectivity index is 2.58. The van der Waals surface area contributed by atoms with Gasteiger partial charge < -0.3 is 0 Å². The van der Waals surface area contributed by atoms with Crippen molar-refractivity contribution in [2.24, 2.45) is 0 Å². The van der Waals surface area contributed by atoms with Crippen molar-refractivity contribution in [3.63, 3.8) is 0 Å². The third-order valence-electron chi connectivity index (χ3n) is 2.49. The number of aromatic amines is 1. The van der Waals surface area contributed by atoms with Crippen LogP contribution in [0.5, 0.6) is 0 Å². The largest absolute Gasteiger partial charge is 0.286 e. The van der Waals surface area contributed by atoms with E-state index >= 15 is 0 Å². The van der Waals surface area contributed by atoms with Crippen LogP contribution in [0.4, 0.5) is 0 Å². The van der Waals surface area contributed by atoms with Gasteiger partial charge in [-0.05, 0) is 33.1 Å². The van der Waals surface area contributed by atoms with Crippen LogP contribution < -0.4 is 5.56 Å². The number of hydrogen-bond donors (Lipinski definition) is 1. The van der Waals surface area contributed by atoms with Crippen molar-refractivity contribution in [1.82, 2.24) is 9.78 Å². The maximum Gasteiger partial charge on any atom is 0.267 e. The van der Waals surface area contributed by atoms with E-state index in [2.05, 4.69) is 18.9 Å². The molecule has 0 unspecified atom stereocenters. The first-order chi connectivity index (χ1) is 5.70. The fourth-order valence-corrected chi connectivity index (χ4v) is 1.92. The van der Waals surface area contributed by atoms with Gasteiger partial charge in [-0.3, -0.25) is 14.6 Å². The van der Waals surface area contributed by atoms with Crippen molar-refractivity contribution in [3.05, 3.63) is 21.6 Å². The van der Waals surface area contributed by atoms with Gasteiger partial charge >= 0.3 is 0 Å². The van der Waals surface area contributed by atoms with Gasteiger partial charge in [0.25, 0.3) is 5.56 Å². The van der Waals surface area contributed by atoms with Crippen molar-refractivity contribution in [3.8, 4) is 0 Å². The summed E-state index contributed by atoms with van der Waals surface area (Å²) < 4.78 is 2.00. The number of H-pyrrole nitrogens is 1. The second kappa shape index (κ2) is 2.51. The zero-order valence-electron chi connectivity index (χ0n) is 7.55. The molecular weight excluding hydrogens is 152 g/mol. The lowest BCUT2D eigenvalue weighted by molar-refractivity contribution is 0.506. The van der Waals surface area contributed by atoms with Gasteiger partial charge in [-0.1, -0.05) is 0 Å². The molecule has 0 amide bonds. The molecule has 12 heavy (non-hydrogen) atoms. The third-order valence-corrected chi connectivity index (χ3v) is 2.49. The molecule has 0 radical (unpaired) electrons. The normalized spacial score (nSPS) is 15.6. The molecule has 1 aliphatic rings. The van der Waals surface area contributed by atoms with Crippen LogP contribution in [0.2, 0.25) is 0 Å². The Morgan fingerprint density at radius 3 is 2.83 bits per heavy atom. The predicted molar refractivity (Wildman–Crippen MR) is 47.5 cm³/mol.